The number of hydrogen-bond acceptors (Lipinski definition) is 3. The first kappa shape index (κ1) is 151. The van der Waals surface area contributed by atoms with E-state index in [1.54, 1.807) is 26.0 Å². The van der Waals surface area contributed by atoms with Gasteiger partial charge >= 0.3 is 0 Å². The van der Waals surface area contributed by atoms with Crippen molar-refractivity contribution in [2.24, 2.45) is 0 Å². The van der Waals surface area contributed by atoms with Gasteiger partial charge in [0.2, 0.25) is 0 Å². The molecular formula is C124H207N3O2S. The lowest BCUT2D eigenvalue weighted by molar-refractivity contribution is 0.411. The van der Waals surface area contributed by atoms with Gasteiger partial charge in [-0.1, -0.05) is 514 Å². The number of nitrogens with zero attached hydrogens (tertiary/aromatic N) is 3. The Morgan fingerprint density at radius 2 is 0.392 bits per heavy atom. The Kier molecular flexibility index (Phi) is 143. The predicted molar refractivity (Wildman–Crippen MR) is 625 cm³/mol. The fraction of sp³-hybridized carbons (Fsp3) is 0.419. The van der Waals surface area contributed by atoms with Gasteiger partial charge in [-0.3, -0.25) is 0 Å². The summed E-state index contributed by atoms with van der Waals surface area (Å²) in [4.78, 5) is 1.37. The Labute approximate surface area is 813 Å². The Morgan fingerprint density at radius 1 is 0.208 bits per heavy atom. The average Bonchev–Trinajstić information content (AvgIpc) is 1.60. The highest BCUT2D eigenvalue weighted by molar-refractivity contribution is 7.98. The van der Waals surface area contributed by atoms with Crippen LogP contribution in [0.2, 0.25) is 0 Å². The lowest BCUT2D eigenvalue weighted by Crippen LogP contribution is -1.84. The summed E-state index contributed by atoms with van der Waals surface area (Å²) in [5.74, 6) is 1.91. The molecule has 0 spiro atoms. The minimum atomic E-state index is 0.956. The molecule has 0 fully saturated rings. The molecular weight excluding hydrogens is 1600 g/mol. The number of hydrogen-bond donors (Lipinski definition) is 0. The molecule has 0 bridgehead atoms. The van der Waals surface area contributed by atoms with Crippen LogP contribution < -0.4 is 9.47 Å². The summed E-state index contributed by atoms with van der Waals surface area (Å²) in [6.45, 7) is 98.2. The first-order valence-corrected chi connectivity index (χ1v) is 52.0. The van der Waals surface area contributed by atoms with Crippen molar-refractivity contribution < 1.29 is 9.47 Å². The van der Waals surface area contributed by atoms with Crippen LogP contribution in [0.4, 0.5) is 0 Å². The van der Waals surface area contributed by atoms with E-state index in [-0.39, 0.29) is 0 Å². The number of thioether (sulfide) groups is 1. The highest BCUT2D eigenvalue weighted by Crippen LogP contribution is 2.35. The maximum atomic E-state index is 5.04. The van der Waals surface area contributed by atoms with Gasteiger partial charge < -0.3 is 22.7 Å². The molecule has 5 nitrogen and oxygen atoms in total. The van der Waals surface area contributed by atoms with Crippen LogP contribution in [0.15, 0.2) is 315 Å². The van der Waals surface area contributed by atoms with Crippen molar-refractivity contribution in [1.29, 1.82) is 0 Å². The molecule has 9 aromatic carbocycles. The van der Waals surface area contributed by atoms with Gasteiger partial charge in [-0.2, -0.15) is 0 Å². The zero-order valence-electron chi connectivity index (χ0n) is 94.5. The van der Waals surface area contributed by atoms with Crippen molar-refractivity contribution >= 4 is 93.3 Å². The molecule has 0 aliphatic heterocycles. The minimum Gasteiger partial charge on any atom is -0.496 e. The third kappa shape index (κ3) is 60.0. The predicted octanol–water partition coefficient (Wildman–Crippen LogP) is 44.7. The number of aryl methyl sites for hydroxylation is 3. The second kappa shape index (κ2) is 123. The molecule has 0 saturated carbocycles. The molecule has 0 atom stereocenters. The number of allylic oxidation sites excluding steroid dienone is 12. The maximum Gasteiger partial charge on any atom is 0.121 e. The first-order valence-electron chi connectivity index (χ1n) is 50.7. The van der Waals surface area contributed by atoms with Gasteiger partial charge in [0.25, 0.3) is 0 Å². The topological polar surface area (TPSA) is 31.7 Å². The number of rotatable bonds is 6. The molecule has 6 heteroatoms. The van der Waals surface area contributed by atoms with Crippen LogP contribution in [-0.4, -0.2) is 33.7 Å². The summed E-state index contributed by atoms with van der Waals surface area (Å²) in [5.41, 5.74) is 11.7. The average molecular weight is 1800 g/mol. The van der Waals surface area contributed by atoms with Crippen molar-refractivity contribution in [1.82, 2.24) is 13.2 Å². The fourth-order valence-corrected chi connectivity index (χ4v) is 11.2. The summed E-state index contributed by atoms with van der Waals surface area (Å²) in [6, 6.07) is 76.0. The maximum absolute atomic E-state index is 5.04. The molecule has 0 aliphatic rings. The van der Waals surface area contributed by atoms with E-state index in [4.69, 9.17) is 9.47 Å². The van der Waals surface area contributed by atoms with Gasteiger partial charge in [-0.15, -0.1) is 11.8 Å². The van der Waals surface area contributed by atoms with E-state index in [1.807, 2.05) is 454 Å². The first-order chi connectivity index (χ1) is 64.1. The molecule has 6 aromatic heterocycles. The second-order valence-corrected chi connectivity index (χ2v) is 21.8. The van der Waals surface area contributed by atoms with Gasteiger partial charge in [0.05, 0.1) is 47.3 Å². The van der Waals surface area contributed by atoms with Crippen molar-refractivity contribution in [2.75, 3.05) is 20.5 Å². The summed E-state index contributed by atoms with van der Waals surface area (Å²) < 4.78 is 16.9. The number of methoxy groups -OCH3 is 2. The van der Waals surface area contributed by atoms with E-state index in [0.29, 0.717) is 0 Å². The Morgan fingerprint density at radius 3 is 0.569 bits per heavy atom. The van der Waals surface area contributed by atoms with Crippen molar-refractivity contribution in [3.8, 4) is 11.5 Å². The number of benzene rings is 9. The van der Waals surface area contributed by atoms with Gasteiger partial charge in [-0.05, 0) is 140 Å². The molecule has 15 rings (SSSR count). The number of para-hydroxylation sites is 8. The van der Waals surface area contributed by atoms with Gasteiger partial charge in [0, 0.05) is 72.0 Å². The van der Waals surface area contributed by atoms with Crippen LogP contribution in [0.1, 0.15) is 335 Å². The van der Waals surface area contributed by atoms with E-state index < -0.39 is 0 Å². The van der Waals surface area contributed by atoms with Gasteiger partial charge in [-0.25, -0.2) is 0 Å². The Hall–Kier alpha value is -10.0. The Bertz CT molecular complexity index is 4170. The molecule has 736 valence electrons. The van der Waals surface area contributed by atoms with Crippen molar-refractivity contribution in [2.45, 2.75) is 344 Å². The molecule has 0 saturated heterocycles. The molecule has 0 amide bonds. The smallest absolute Gasteiger partial charge is 0.121 e. The minimum absolute atomic E-state index is 0.956. The normalized spacial score (nSPS) is 8.62. The lowest BCUT2D eigenvalue weighted by Gasteiger charge is -2.00. The molecule has 0 N–H and O–H groups in total. The number of aromatic nitrogens is 3. The highest BCUT2D eigenvalue weighted by Gasteiger charge is 2.12. The molecule has 130 heavy (non-hydrogen) atoms. The second-order valence-electron chi connectivity index (χ2n) is 20.9. The quantitative estimate of drug-likeness (QED) is 0.123. The zero-order chi connectivity index (χ0) is 104. The van der Waals surface area contributed by atoms with E-state index >= 15 is 0 Å². The third-order valence-electron chi connectivity index (χ3n) is 14.9. The highest BCUT2D eigenvalue weighted by atomic mass is 32.2. The van der Waals surface area contributed by atoms with Gasteiger partial charge in [0.1, 0.15) is 11.5 Å². The summed E-state index contributed by atoms with van der Waals surface area (Å²) >= 11 is 1.80. The fourth-order valence-electron chi connectivity index (χ4n) is 10.6. The van der Waals surface area contributed by atoms with Crippen LogP contribution in [0.5, 0.6) is 11.5 Å². The van der Waals surface area contributed by atoms with Crippen molar-refractivity contribution in [3.05, 3.63) is 327 Å². The van der Waals surface area contributed by atoms with E-state index in [2.05, 4.69) is 215 Å². The largest absolute Gasteiger partial charge is 0.496 e. The SMILES string of the molecule is C/C=C\C=C/C.C/C=C\C=C/C.C/C=C\C=C/C.CC.CC.CC.CC.CC.CC.CC.CC.CC.CC.CC.CC.CC.CC.CC.CC.CC.CC.CC.CC.COc1ccccc1C.COc1ccccc1C.CSc1ccccc1C.c1ccc2c(c1)c1cccc3ccn2c31.c1ccc2c(c1)c1cccc3ccn2c31.c1ccc2c(c1)c1cccc3ccn2c31. The van der Waals surface area contributed by atoms with E-state index in [9.17, 15) is 0 Å². The van der Waals surface area contributed by atoms with Crippen LogP contribution in [0.3, 0.4) is 0 Å². The standard InChI is InChI=1S/3C14H9N.2C8H10O.C8H10S.3C6H10.20C2H6/c3*1-2-7-13-11(5-1)12-6-3-4-10-8-9-15(13)14(10)12;3*1-7-5-3-4-6-8(7)9-2;3*1-3-5-6-4-2;20*1-2/h3*1-9H;3*3-6H,1-2H3;3*3-6H,1-2H3;20*1-2H3/b;;;;;;3*5-3-,6-4-;;;;;;;;;;;;;;;;;;;;. The third-order valence-corrected chi connectivity index (χ3v) is 15.8. The molecule has 15 aromatic rings. The molecule has 0 aliphatic carbocycles. The number of ether oxygens (including phenoxy) is 2. The lowest BCUT2D eigenvalue weighted by atomic mass is 10.1. The van der Waals surface area contributed by atoms with E-state index in [0.717, 1.165) is 11.5 Å². The van der Waals surface area contributed by atoms with Crippen LogP contribution in [0, 0.1) is 20.8 Å². The summed E-state index contributed by atoms with van der Waals surface area (Å²) in [5, 5.41) is 12.1. The Balaban J connectivity index is -0.0000000938. The number of fused-ring (bicyclic) bond motifs is 9. The van der Waals surface area contributed by atoms with Crippen LogP contribution >= 0.6 is 11.8 Å². The molecule has 0 unspecified atom stereocenters. The monoisotopic (exact) mass is 1800 g/mol. The molecule has 0 radical (unpaired) electrons. The van der Waals surface area contributed by atoms with Gasteiger partial charge in [0.15, 0.2) is 0 Å². The summed E-state index contributed by atoms with van der Waals surface area (Å²) in [7, 11) is 3.37. The molecule has 6 heterocycles. The van der Waals surface area contributed by atoms with Crippen LogP contribution in [-0.2, 0) is 0 Å². The zero-order valence-corrected chi connectivity index (χ0v) is 95.3. The van der Waals surface area contributed by atoms with Crippen molar-refractivity contribution in [3.63, 3.8) is 0 Å². The van der Waals surface area contributed by atoms with E-state index in [1.165, 1.54) is 103 Å². The van der Waals surface area contributed by atoms with Crippen LogP contribution in [0.25, 0.3) is 81.6 Å². The summed E-state index contributed by atoms with van der Waals surface area (Å²) in [6.07, 6.45) is 32.6.